The molecule has 0 bridgehead atoms. The number of ether oxygens (including phenoxy) is 2. The van der Waals surface area contributed by atoms with Gasteiger partial charge in [-0.3, -0.25) is 4.79 Å². The van der Waals surface area contributed by atoms with Crippen molar-refractivity contribution in [1.29, 1.82) is 0 Å². The molecule has 1 aromatic carbocycles. The second-order valence-corrected chi connectivity index (χ2v) is 7.44. The average Bonchev–Trinajstić information content (AvgIpc) is 3.28. The van der Waals surface area contributed by atoms with Gasteiger partial charge >= 0.3 is 0 Å². The molecule has 0 radical (unpaired) electrons. The summed E-state index contributed by atoms with van der Waals surface area (Å²) in [5.74, 6) is 1.69. The number of aliphatic hydroxyl groups is 1. The third-order valence-corrected chi connectivity index (χ3v) is 5.48. The maximum Gasteiger partial charge on any atom is 0.255 e. The molecule has 0 aliphatic carbocycles. The number of fused-ring (bicyclic) bond motifs is 1. The molecule has 1 fully saturated rings. The fourth-order valence-electron chi connectivity index (χ4n) is 3.64. The van der Waals surface area contributed by atoms with Gasteiger partial charge in [-0.1, -0.05) is 0 Å². The Morgan fingerprint density at radius 1 is 1.38 bits per heavy atom. The molecular weight excluding hydrogens is 374 g/mol. The lowest BCUT2D eigenvalue weighted by molar-refractivity contribution is 0.0125. The van der Waals surface area contributed by atoms with Gasteiger partial charge in [-0.25, -0.2) is 4.98 Å². The molecule has 0 unspecified atom stereocenters. The molecule has 1 aliphatic rings. The fourth-order valence-corrected chi connectivity index (χ4v) is 3.64. The number of nitrogens with zero attached hydrogens (tertiary/aromatic N) is 2. The van der Waals surface area contributed by atoms with Gasteiger partial charge < -0.3 is 28.9 Å². The number of carbonyl (C=O) groups excluding carboxylic acids is 1. The number of amides is 1. The lowest BCUT2D eigenvalue weighted by atomic mass is 9.90. The van der Waals surface area contributed by atoms with Crippen LogP contribution in [0.1, 0.15) is 34.8 Å². The third-order valence-electron chi connectivity index (χ3n) is 5.48. The minimum Gasteiger partial charge on any atom is -0.486 e. The predicted octanol–water partition coefficient (Wildman–Crippen LogP) is 2.33. The standard InChI is InChI=1S/C21H25N3O5/c1-14-19(20(26)23-21(13-25)5-9-27-10-6-21)16-11-15(3-4-17(16)29-14)28-12-18-22-7-8-24(18)2/h3-4,7-8,11,25H,5-6,9-10,12-13H2,1-2H3,(H,23,26). The zero-order valence-electron chi connectivity index (χ0n) is 16.6. The molecule has 3 heterocycles. The first-order chi connectivity index (χ1) is 14.0. The van der Waals surface area contributed by atoms with Gasteiger partial charge in [0.1, 0.15) is 29.5 Å². The Labute approximate surface area is 168 Å². The molecule has 1 aliphatic heterocycles. The molecule has 2 aromatic heterocycles. The second kappa shape index (κ2) is 7.88. The number of hydrogen-bond acceptors (Lipinski definition) is 6. The highest BCUT2D eigenvalue weighted by Crippen LogP contribution is 2.30. The van der Waals surface area contributed by atoms with Crippen molar-refractivity contribution in [1.82, 2.24) is 14.9 Å². The van der Waals surface area contributed by atoms with Crippen molar-refractivity contribution in [2.24, 2.45) is 7.05 Å². The molecule has 0 spiro atoms. The Balaban J connectivity index is 1.59. The maximum atomic E-state index is 13.1. The summed E-state index contributed by atoms with van der Waals surface area (Å²) in [4.78, 5) is 17.3. The molecule has 0 atom stereocenters. The van der Waals surface area contributed by atoms with Crippen LogP contribution in [0, 0.1) is 6.92 Å². The maximum absolute atomic E-state index is 13.1. The van der Waals surface area contributed by atoms with Crippen molar-refractivity contribution < 1.29 is 23.8 Å². The molecule has 4 rings (SSSR count). The van der Waals surface area contributed by atoms with Crippen molar-refractivity contribution in [3.63, 3.8) is 0 Å². The van der Waals surface area contributed by atoms with Gasteiger partial charge in [0.15, 0.2) is 0 Å². The van der Waals surface area contributed by atoms with Crippen molar-refractivity contribution in [3.8, 4) is 5.75 Å². The average molecular weight is 399 g/mol. The minimum atomic E-state index is -0.669. The zero-order chi connectivity index (χ0) is 20.4. The first-order valence-electron chi connectivity index (χ1n) is 9.65. The number of nitrogens with one attached hydrogen (secondary N) is 1. The highest BCUT2D eigenvalue weighted by molar-refractivity contribution is 6.07. The van der Waals surface area contributed by atoms with Crippen LogP contribution in [-0.2, 0) is 18.4 Å². The summed E-state index contributed by atoms with van der Waals surface area (Å²) < 4.78 is 18.9. The number of aromatic nitrogens is 2. The van der Waals surface area contributed by atoms with Crippen LogP contribution < -0.4 is 10.1 Å². The number of aliphatic hydroxyl groups excluding tert-OH is 1. The van der Waals surface area contributed by atoms with Crippen molar-refractivity contribution in [3.05, 3.63) is 47.7 Å². The van der Waals surface area contributed by atoms with Crippen molar-refractivity contribution in [2.75, 3.05) is 19.8 Å². The van der Waals surface area contributed by atoms with E-state index in [1.54, 1.807) is 25.3 Å². The quantitative estimate of drug-likeness (QED) is 0.660. The highest BCUT2D eigenvalue weighted by Gasteiger charge is 2.35. The summed E-state index contributed by atoms with van der Waals surface area (Å²) in [6, 6.07) is 5.41. The van der Waals surface area contributed by atoms with Crippen LogP contribution in [-0.4, -0.2) is 45.9 Å². The Kier molecular flexibility index (Phi) is 5.29. The van der Waals surface area contributed by atoms with E-state index in [1.807, 2.05) is 23.9 Å². The summed E-state index contributed by atoms with van der Waals surface area (Å²) in [6.07, 6.45) is 4.72. The van der Waals surface area contributed by atoms with E-state index in [2.05, 4.69) is 10.3 Å². The number of rotatable bonds is 6. The summed E-state index contributed by atoms with van der Waals surface area (Å²) in [7, 11) is 1.91. The van der Waals surface area contributed by atoms with Gasteiger partial charge in [0, 0.05) is 38.0 Å². The van der Waals surface area contributed by atoms with Crippen LogP contribution in [0.4, 0.5) is 0 Å². The minimum absolute atomic E-state index is 0.130. The number of furan rings is 1. The molecule has 8 heteroatoms. The number of hydrogen-bond donors (Lipinski definition) is 2. The smallest absolute Gasteiger partial charge is 0.255 e. The third kappa shape index (κ3) is 3.86. The van der Waals surface area contributed by atoms with E-state index in [0.717, 1.165) is 5.82 Å². The van der Waals surface area contributed by atoms with Gasteiger partial charge in [0.05, 0.1) is 17.7 Å². The molecule has 2 N–H and O–H groups in total. The van der Waals surface area contributed by atoms with E-state index in [0.29, 0.717) is 60.7 Å². The van der Waals surface area contributed by atoms with Crippen LogP contribution in [0.15, 0.2) is 35.0 Å². The monoisotopic (exact) mass is 399 g/mol. The highest BCUT2D eigenvalue weighted by atomic mass is 16.5. The molecule has 29 heavy (non-hydrogen) atoms. The molecule has 8 nitrogen and oxygen atoms in total. The van der Waals surface area contributed by atoms with Gasteiger partial charge in [-0.2, -0.15) is 0 Å². The molecular formula is C21H25N3O5. The fraction of sp³-hybridized carbons (Fsp3) is 0.429. The number of carbonyl (C=O) groups is 1. The normalized spacial score (nSPS) is 16.1. The van der Waals surface area contributed by atoms with E-state index in [-0.39, 0.29) is 12.5 Å². The lowest BCUT2D eigenvalue weighted by Gasteiger charge is -2.36. The Bertz CT molecular complexity index is 1020. The Morgan fingerprint density at radius 2 is 2.17 bits per heavy atom. The topological polar surface area (TPSA) is 98.8 Å². The Morgan fingerprint density at radius 3 is 2.86 bits per heavy atom. The van der Waals surface area contributed by atoms with Crippen LogP contribution in [0.25, 0.3) is 11.0 Å². The second-order valence-electron chi connectivity index (χ2n) is 7.44. The first-order valence-corrected chi connectivity index (χ1v) is 9.65. The van der Waals surface area contributed by atoms with Crippen LogP contribution in [0.5, 0.6) is 5.75 Å². The van der Waals surface area contributed by atoms with Gasteiger partial charge in [0.2, 0.25) is 0 Å². The van der Waals surface area contributed by atoms with Crippen LogP contribution in [0.2, 0.25) is 0 Å². The van der Waals surface area contributed by atoms with E-state index >= 15 is 0 Å². The number of benzene rings is 1. The molecule has 3 aromatic rings. The largest absolute Gasteiger partial charge is 0.486 e. The number of aryl methyl sites for hydroxylation is 2. The summed E-state index contributed by atoms with van der Waals surface area (Å²) >= 11 is 0. The van der Waals surface area contributed by atoms with Gasteiger partial charge in [0.25, 0.3) is 5.91 Å². The molecule has 1 amide bonds. The Hall–Kier alpha value is -2.84. The molecule has 1 saturated heterocycles. The molecule has 154 valence electrons. The van der Waals surface area contributed by atoms with E-state index < -0.39 is 5.54 Å². The van der Waals surface area contributed by atoms with E-state index in [1.165, 1.54) is 0 Å². The summed E-state index contributed by atoms with van der Waals surface area (Å²) in [5.41, 5.74) is 0.404. The zero-order valence-corrected chi connectivity index (χ0v) is 16.6. The van der Waals surface area contributed by atoms with Gasteiger partial charge in [-0.15, -0.1) is 0 Å². The van der Waals surface area contributed by atoms with E-state index in [9.17, 15) is 9.90 Å². The summed E-state index contributed by atoms with van der Waals surface area (Å²) in [5, 5.41) is 13.6. The first kappa shape index (κ1) is 19.5. The van der Waals surface area contributed by atoms with E-state index in [4.69, 9.17) is 13.9 Å². The predicted molar refractivity (Wildman–Crippen MR) is 106 cm³/mol. The van der Waals surface area contributed by atoms with Gasteiger partial charge in [-0.05, 0) is 38.0 Å². The van der Waals surface area contributed by atoms with Crippen LogP contribution >= 0.6 is 0 Å². The van der Waals surface area contributed by atoms with Crippen LogP contribution in [0.3, 0.4) is 0 Å². The van der Waals surface area contributed by atoms with Crippen molar-refractivity contribution >= 4 is 16.9 Å². The lowest BCUT2D eigenvalue weighted by Crippen LogP contribution is -2.54. The molecule has 0 saturated carbocycles. The number of imidazole rings is 1. The SMILES string of the molecule is Cc1oc2ccc(OCc3nccn3C)cc2c1C(=O)NC1(CO)CCOCC1. The summed E-state index contributed by atoms with van der Waals surface area (Å²) in [6.45, 7) is 2.98. The van der Waals surface area contributed by atoms with Crippen molar-refractivity contribution in [2.45, 2.75) is 31.9 Å².